The van der Waals surface area contributed by atoms with E-state index in [0.717, 1.165) is 18.0 Å². The van der Waals surface area contributed by atoms with Crippen molar-refractivity contribution in [2.45, 2.75) is 26.7 Å². The number of nitrogens with zero attached hydrogens (tertiary/aromatic N) is 2. The second-order valence-corrected chi connectivity index (χ2v) is 4.94. The van der Waals surface area contributed by atoms with Crippen LogP contribution >= 0.6 is 11.5 Å². The highest BCUT2D eigenvalue weighted by Gasteiger charge is 2.23. The van der Waals surface area contributed by atoms with E-state index in [9.17, 15) is 13.6 Å². The zero-order chi connectivity index (χ0) is 14.0. The number of aryl methyl sites for hydroxylation is 2. The number of rotatable bonds is 4. The van der Waals surface area contributed by atoms with Gasteiger partial charge >= 0.3 is 0 Å². The standard InChI is InChI=1S/C13H12F2N2OS/c1-3-4-9-13(19-17-16-9)12(18)8-6-5-7(2)10(14)11(8)15/h5-6H,3-4H2,1-2H3. The van der Waals surface area contributed by atoms with Crippen LogP contribution in [-0.2, 0) is 6.42 Å². The summed E-state index contributed by atoms with van der Waals surface area (Å²) in [6.07, 6.45) is 1.39. The van der Waals surface area contributed by atoms with E-state index in [1.54, 1.807) is 0 Å². The maximum atomic E-state index is 13.8. The van der Waals surface area contributed by atoms with E-state index < -0.39 is 17.4 Å². The smallest absolute Gasteiger partial charge is 0.209 e. The average molecular weight is 282 g/mol. The van der Waals surface area contributed by atoms with Gasteiger partial charge in [0, 0.05) is 0 Å². The van der Waals surface area contributed by atoms with Crippen molar-refractivity contribution in [2.24, 2.45) is 0 Å². The van der Waals surface area contributed by atoms with Crippen molar-refractivity contribution in [3.8, 4) is 0 Å². The molecule has 6 heteroatoms. The van der Waals surface area contributed by atoms with Gasteiger partial charge in [0.2, 0.25) is 5.78 Å². The molecule has 100 valence electrons. The van der Waals surface area contributed by atoms with E-state index in [2.05, 4.69) is 9.59 Å². The highest BCUT2D eigenvalue weighted by molar-refractivity contribution is 7.08. The minimum atomic E-state index is -1.11. The first-order valence-corrected chi connectivity index (χ1v) is 6.64. The molecule has 0 aliphatic heterocycles. The number of ketones is 1. The number of aromatic nitrogens is 2. The lowest BCUT2D eigenvalue weighted by molar-refractivity contribution is 0.103. The SMILES string of the molecule is CCCc1nnsc1C(=O)c1ccc(C)c(F)c1F. The van der Waals surface area contributed by atoms with E-state index in [0.29, 0.717) is 12.1 Å². The molecule has 19 heavy (non-hydrogen) atoms. The van der Waals surface area contributed by atoms with Gasteiger partial charge in [-0.05, 0) is 36.5 Å². The van der Waals surface area contributed by atoms with E-state index in [1.165, 1.54) is 19.1 Å². The molecule has 1 heterocycles. The van der Waals surface area contributed by atoms with Crippen LogP contribution in [0.15, 0.2) is 12.1 Å². The molecule has 1 aromatic carbocycles. The first-order chi connectivity index (χ1) is 9.06. The number of hydrogen-bond donors (Lipinski definition) is 0. The van der Waals surface area contributed by atoms with Gasteiger partial charge in [-0.15, -0.1) is 5.10 Å². The fraction of sp³-hybridized carbons (Fsp3) is 0.308. The topological polar surface area (TPSA) is 42.9 Å². The maximum Gasteiger partial charge on any atom is 0.209 e. The molecule has 0 saturated carbocycles. The summed E-state index contributed by atoms with van der Waals surface area (Å²) in [5.41, 5.74) is 0.439. The molecule has 3 nitrogen and oxygen atoms in total. The van der Waals surface area contributed by atoms with E-state index >= 15 is 0 Å². The maximum absolute atomic E-state index is 13.8. The summed E-state index contributed by atoms with van der Waals surface area (Å²) in [7, 11) is 0. The highest BCUT2D eigenvalue weighted by atomic mass is 32.1. The van der Waals surface area contributed by atoms with Gasteiger partial charge in [0.15, 0.2) is 11.6 Å². The van der Waals surface area contributed by atoms with Crippen LogP contribution in [0.4, 0.5) is 8.78 Å². The molecule has 0 fully saturated rings. The quantitative estimate of drug-likeness (QED) is 0.808. The van der Waals surface area contributed by atoms with Crippen molar-refractivity contribution < 1.29 is 13.6 Å². The molecule has 1 aromatic heterocycles. The summed E-state index contributed by atoms with van der Waals surface area (Å²) in [6.45, 7) is 3.39. The lowest BCUT2D eigenvalue weighted by Crippen LogP contribution is -2.07. The van der Waals surface area contributed by atoms with Crippen LogP contribution in [0.1, 0.15) is 39.8 Å². The van der Waals surface area contributed by atoms with Gasteiger partial charge in [-0.3, -0.25) is 4.79 Å². The Morgan fingerprint density at radius 1 is 1.32 bits per heavy atom. The molecule has 0 bridgehead atoms. The van der Waals surface area contributed by atoms with Crippen LogP contribution in [0.2, 0.25) is 0 Å². The van der Waals surface area contributed by atoms with Crippen LogP contribution < -0.4 is 0 Å². The van der Waals surface area contributed by atoms with Crippen LogP contribution in [-0.4, -0.2) is 15.4 Å². The number of halogens is 2. The Balaban J connectivity index is 2.45. The Labute approximate surface area is 113 Å². The van der Waals surface area contributed by atoms with Gasteiger partial charge < -0.3 is 0 Å². The van der Waals surface area contributed by atoms with Crippen LogP contribution in [0.3, 0.4) is 0 Å². The van der Waals surface area contributed by atoms with Gasteiger partial charge in [-0.25, -0.2) is 8.78 Å². The van der Waals surface area contributed by atoms with Gasteiger partial charge in [-0.1, -0.05) is 23.9 Å². The highest BCUT2D eigenvalue weighted by Crippen LogP contribution is 2.22. The van der Waals surface area contributed by atoms with Gasteiger partial charge in [0.25, 0.3) is 0 Å². The zero-order valence-electron chi connectivity index (χ0n) is 10.5. The molecule has 0 aliphatic carbocycles. The molecule has 0 saturated heterocycles. The Morgan fingerprint density at radius 3 is 2.74 bits per heavy atom. The molecular weight excluding hydrogens is 270 g/mol. The number of carbonyl (C=O) groups is 1. The first kappa shape index (κ1) is 13.7. The lowest BCUT2D eigenvalue weighted by atomic mass is 10.0. The Hall–Kier alpha value is -1.69. The summed E-state index contributed by atoms with van der Waals surface area (Å²) in [4.78, 5) is 12.5. The third-order valence-corrected chi connectivity index (χ3v) is 3.54. The second kappa shape index (κ2) is 5.52. The third kappa shape index (κ3) is 2.53. The number of benzene rings is 1. The molecule has 2 aromatic rings. The molecule has 2 rings (SSSR count). The number of hydrogen-bond acceptors (Lipinski definition) is 4. The average Bonchev–Trinajstić information content (AvgIpc) is 2.84. The molecule has 0 amide bonds. The molecule has 0 aliphatic rings. The van der Waals surface area contributed by atoms with Gasteiger partial charge in [-0.2, -0.15) is 0 Å². The minimum absolute atomic E-state index is 0.172. The second-order valence-electron chi connectivity index (χ2n) is 4.19. The zero-order valence-corrected chi connectivity index (χ0v) is 11.4. The van der Waals surface area contributed by atoms with Crippen LogP contribution in [0, 0.1) is 18.6 Å². The molecule has 0 unspecified atom stereocenters. The Kier molecular flexibility index (Phi) is 3.99. The summed E-state index contributed by atoms with van der Waals surface area (Å²) >= 11 is 0.911. The summed E-state index contributed by atoms with van der Waals surface area (Å²) in [5, 5.41) is 3.85. The van der Waals surface area contributed by atoms with Crippen molar-refractivity contribution in [2.75, 3.05) is 0 Å². The Morgan fingerprint density at radius 2 is 2.05 bits per heavy atom. The molecule has 0 N–H and O–H groups in total. The summed E-state index contributed by atoms with van der Waals surface area (Å²) < 4.78 is 31.0. The van der Waals surface area contributed by atoms with Crippen molar-refractivity contribution >= 4 is 17.3 Å². The first-order valence-electron chi connectivity index (χ1n) is 5.86. The van der Waals surface area contributed by atoms with Gasteiger partial charge in [0.1, 0.15) is 4.88 Å². The lowest BCUT2D eigenvalue weighted by Gasteiger charge is -2.04. The predicted molar refractivity (Wildman–Crippen MR) is 68.4 cm³/mol. The summed E-state index contributed by atoms with van der Waals surface area (Å²) in [6, 6.07) is 2.69. The third-order valence-electron chi connectivity index (χ3n) is 2.77. The summed E-state index contributed by atoms with van der Waals surface area (Å²) in [5.74, 6) is -2.66. The van der Waals surface area contributed by atoms with Gasteiger partial charge in [0.05, 0.1) is 11.3 Å². The number of carbonyl (C=O) groups excluding carboxylic acids is 1. The predicted octanol–water partition coefficient (Wildman–Crippen LogP) is 3.31. The van der Waals surface area contributed by atoms with E-state index in [1.807, 2.05) is 6.92 Å². The van der Waals surface area contributed by atoms with Crippen LogP contribution in [0.5, 0.6) is 0 Å². The fourth-order valence-electron chi connectivity index (χ4n) is 1.73. The van der Waals surface area contributed by atoms with E-state index in [4.69, 9.17) is 0 Å². The Bertz CT molecular complexity index is 625. The molecule has 0 radical (unpaired) electrons. The molecule has 0 spiro atoms. The monoisotopic (exact) mass is 282 g/mol. The van der Waals surface area contributed by atoms with Crippen molar-refractivity contribution in [3.63, 3.8) is 0 Å². The minimum Gasteiger partial charge on any atom is -0.287 e. The van der Waals surface area contributed by atoms with E-state index in [-0.39, 0.29) is 16.0 Å². The van der Waals surface area contributed by atoms with Crippen LogP contribution in [0.25, 0.3) is 0 Å². The largest absolute Gasteiger partial charge is 0.287 e. The normalized spacial score (nSPS) is 10.7. The molecular formula is C13H12F2N2OS. The fourth-order valence-corrected chi connectivity index (χ4v) is 2.39. The molecule has 0 atom stereocenters. The van der Waals surface area contributed by atoms with Crippen molar-refractivity contribution in [1.82, 2.24) is 9.59 Å². The van der Waals surface area contributed by atoms with Crippen molar-refractivity contribution in [1.29, 1.82) is 0 Å². The van der Waals surface area contributed by atoms with Crippen molar-refractivity contribution in [3.05, 3.63) is 45.5 Å².